The van der Waals surface area contributed by atoms with E-state index in [2.05, 4.69) is 0 Å². The smallest absolute Gasteiger partial charge is 0.131 e. The highest BCUT2D eigenvalue weighted by atomic mass is 19.1. The van der Waals surface area contributed by atoms with Crippen molar-refractivity contribution in [3.05, 3.63) is 53.1 Å². The SMILES string of the molecule is C/C=C(\C=C(/C)[C@H](N)C(C)(C)C)c1cc(F)ccc1F. The van der Waals surface area contributed by atoms with Crippen LogP contribution < -0.4 is 5.73 Å². The second-order valence-electron chi connectivity index (χ2n) is 6.10. The van der Waals surface area contributed by atoms with Crippen LogP contribution in [0.4, 0.5) is 8.78 Å². The van der Waals surface area contributed by atoms with Crippen molar-refractivity contribution in [2.24, 2.45) is 11.1 Å². The summed E-state index contributed by atoms with van der Waals surface area (Å²) in [6.07, 6.45) is 3.59. The van der Waals surface area contributed by atoms with E-state index in [1.165, 1.54) is 6.07 Å². The Balaban J connectivity index is 3.19. The van der Waals surface area contributed by atoms with Crippen LogP contribution in [0.5, 0.6) is 0 Å². The number of nitrogens with two attached hydrogens (primary N) is 1. The van der Waals surface area contributed by atoms with Crippen LogP contribution in [0.3, 0.4) is 0 Å². The Hall–Kier alpha value is -1.48. The monoisotopic (exact) mass is 279 g/mol. The zero-order chi connectivity index (χ0) is 15.5. The lowest BCUT2D eigenvalue weighted by Crippen LogP contribution is -2.36. The fourth-order valence-corrected chi connectivity index (χ4v) is 2.05. The quantitative estimate of drug-likeness (QED) is 0.798. The number of hydrogen-bond donors (Lipinski definition) is 1. The minimum atomic E-state index is -0.452. The third-order valence-electron chi connectivity index (χ3n) is 3.36. The average Bonchev–Trinajstić information content (AvgIpc) is 2.36. The number of hydrogen-bond acceptors (Lipinski definition) is 1. The second kappa shape index (κ2) is 6.31. The van der Waals surface area contributed by atoms with Gasteiger partial charge in [0, 0.05) is 11.6 Å². The van der Waals surface area contributed by atoms with Gasteiger partial charge < -0.3 is 5.73 Å². The molecule has 0 aromatic heterocycles. The van der Waals surface area contributed by atoms with E-state index in [1.807, 2.05) is 33.8 Å². The van der Waals surface area contributed by atoms with Crippen LogP contribution in [0.2, 0.25) is 0 Å². The van der Waals surface area contributed by atoms with Gasteiger partial charge in [0.25, 0.3) is 0 Å². The first-order chi connectivity index (χ1) is 9.16. The summed E-state index contributed by atoms with van der Waals surface area (Å²) in [6, 6.07) is 3.32. The van der Waals surface area contributed by atoms with E-state index in [-0.39, 0.29) is 17.0 Å². The minimum absolute atomic E-state index is 0.0834. The molecule has 20 heavy (non-hydrogen) atoms. The lowest BCUT2D eigenvalue weighted by Gasteiger charge is -2.28. The van der Waals surface area contributed by atoms with Gasteiger partial charge in [0.05, 0.1) is 0 Å². The summed E-state index contributed by atoms with van der Waals surface area (Å²) in [6.45, 7) is 9.86. The van der Waals surface area contributed by atoms with E-state index < -0.39 is 11.6 Å². The van der Waals surface area contributed by atoms with Crippen LogP contribution in [-0.2, 0) is 0 Å². The molecule has 0 spiro atoms. The van der Waals surface area contributed by atoms with Crippen molar-refractivity contribution in [2.45, 2.75) is 40.7 Å². The summed E-state index contributed by atoms with van der Waals surface area (Å²) in [4.78, 5) is 0. The molecule has 0 aliphatic rings. The number of allylic oxidation sites excluding steroid dienone is 3. The predicted octanol–water partition coefficient (Wildman–Crippen LogP) is 4.69. The molecule has 1 rings (SSSR count). The molecular weight excluding hydrogens is 256 g/mol. The topological polar surface area (TPSA) is 26.0 Å². The lowest BCUT2D eigenvalue weighted by atomic mass is 9.82. The van der Waals surface area contributed by atoms with Gasteiger partial charge in [-0.05, 0) is 43.0 Å². The Bertz CT molecular complexity index is 536. The maximum absolute atomic E-state index is 13.8. The molecule has 0 amide bonds. The zero-order valence-corrected chi connectivity index (χ0v) is 12.8. The van der Waals surface area contributed by atoms with Crippen LogP contribution in [0.25, 0.3) is 5.57 Å². The molecular formula is C17H23F2N. The first kappa shape index (κ1) is 16.6. The summed E-state index contributed by atoms with van der Waals surface area (Å²) >= 11 is 0. The van der Waals surface area contributed by atoms with Gasteiger partial charge in [0.2, 0.25) is 0 Å². The highest BCUT2D eigenvalue weighted by Gasteiger charge is 2.22. The first-order valence-corrected chi connectivity index (χ1v) is 6.72. The molecule has 0 saturated heterocycles. The third-order valence-corrected chi connectivity index (χ3v) is 3.36. The third kappa shape index (κ3) is 4.01. The fourth-order valence-electron chi connectivity index (χ4n) is 2.05. The molecule has 0 fully saturated rings. The van der Waals surface area contributed by atoms with Gasteiger partial charge in [-0.15, -0.1) is 0 Å². The molecule has 3 heteroatoms. The van der Waals surface area contributed by atoms with Crippen molar-refractivity contribution in [2.75, 3.05) is 0 Å². The maximum atomic E-state index is 13.8. The Kier molecular flexibility index (Phi) is 5.23. The number of benzene rings is 1. The summed E-state index contributed by atoms with van der Waals surface area (Å²) in [5.41, 5.74) is 7.93. The van der Waals surface area contributed by atoms with Crippen LogP contribution in [0, 0.1) is 17.0 Å². The summed E-state index contributed by atoms with van der Waals surface area (Å²) < 4.78 is 27.1. The minimum Gasteiger partial charge on any atom is -0.324 e. The molecule has 1 nitrogen and oxygen atoms in total. The molecule has 110 valence electrons. The Labute approximate surface area is 120 Å². The van der Waals surface area contributed by atoms with Crippen molar-refractivity contribution < 1.29 is 8.78 Å². The van der Waals surface area contributed by atoms with Crippen molar-refractivity contribution in [1.29, 1.82) is 0 Å². The van der Waals surface area contributed by atoms with E-state index in [4.69, 9.17) is 5.73 Å². The molecule has 0 bridgehead atoms. The average molecular weight is 279 g/mol. The Morgan fingerprint density at radius 3 is 2.35 bits per heavy atom. The zero-order valence-electron chi connectivity index (χ0n) is 12.8. The van der Waals surface area contributed by atoms with Crippen molar-refractivity contribution >= 4 is 5.57 Å². The van der Waals surface area contributed by atoms with Crippen LogP contribution in [0.15, 0.2) is 35.9 Å². The molecule has 0 radical (unpaired) electrons. The van der Waals surface area contributed by atoms with Crippen molar-refractivity contribution in [3.63, 3.8) is 0 Å². The predicted molar refractivity (Wildman–Crippen MR) is 81.2 cm³/mol. The summed E-state index contributed by atoms with van der Waals surface area (Å²) in [5, 5.41) is 0. The van der Waals surface area contributed by atoms with Gasteiger partial charge in [-0.1, -0.05) is 38.5 Å². The molecule has 1 atom stereocenters. The van der Waals surface area contributed by atoms with Crippen molar-refractivity contribution in [3.8, 4) is 0 Å². The molecule has 0 unspecified atom stereocenters. The highest BCUT2D eigenvalue weighted by Crippen LogP contribution is 2.27. The van der Waals surface area contributed by atoms with Gasteiger partial charge in [-0.25, -0.2) is 8.78 Å². The largest absolute Gasteiger partial charge is 0.324 e. The summed E-state index contributed by atoms with van der Waals surface area (Å²) in [7, 11) is 0. The van der Waals surface area contributed by atoms with Gasteiger partial charge in [-0.2, -0.15) is 0 Å². The Morgan fingerprint density at radius 2 is 1.85 bits per heavy atom. The lowest BCUT2D eigenvalue weighted by molar-refractivity contribution is 0.354. The van der Waals surface area contributed by atoms with Crippen LogP contribution in [0.1, 0.15) is 40.2 Å². The van der Waals surface area contributed by atoms with Crippen LogP contribution >= 0.6 is 0 Å². The molecule has 0 heterocycles. The number of halogens is 2. The number of rotatable bonds is 3. The van der Waals surface area contributed by atoms with Gasteiger partial charge in [0.1, 0.15) is 11.6 Å². The first-order valence-electron chi connectivity index (χ1n) is 6.72. The molecule has 1 aromatic carbocycles. The van der Waals surface area contributed by atoms with E-state index in [9.17, 15) is 8.78 Å². The van der Waals surface area contributed by atoms with E-state index >= 15 is 0 Å². The summed E-state index contributed by atoms with van der Waals surface area (Å²) in [5.74, 6) is -0.889. The molecule has 0 aliphatic carbocycles. The Morgan fingerprint density at radius 1 is 1.25 bits per heavy atom. The van der Waals surface area contributed by atoms with E-state index in [0.717, 1.165) is 17.7 Å². The molecule has 0 aliphatic heterocycles. The molecule has 0 saturated carbocycles. The maximum Gasteiger partial charge on any atom is 0.131 e. The molecule has 1 aromatic rings. The van der Waals surface area contributed by atoms with E-state index in [0.29, 0.717) is 5.57 Å². The molecule has 2 N–H and O–H groups in total. The normalized spacial score (nSPS) is 15.4. The highest BCUT2D eigenvalue weighted by molar-refractivity contribution is 5.75. The van der Waals surface area contributed by atoms with Crippen molar-refractivity contribution in [1.82, 2.24) is 0 Å². The van der Waals surface area contributed by atoms with Crippen LogP contribution in [-0.4, -0.2) is 6.04 Å². The fraction of sp³-hybridized carbons (Fsp3) is 0.412. The van der Waals surface area contributed by atoms with Gasteiger partial charge in [0.15, 0.2) is 0 Å². The second-order valence-corrected chi connectivity index (χ2v) is 6.10. The van der Waals surface area contributed by atoms with Gasteiger partial charge >= 0.3 is 0 Å². The van der Waals surface area contributed by atoms with E-state index in [1.54, 1.807) is 13.0 Å². The standard InChI is InChI=1S/C17H23F2N/c1-6-12(9-11(2)16(20)17(3,4)5)14-10-13(18)7-8-15(14)19/h6-10,16H,20H2,1-5H3/b11-9+,12-6+/t16-/m0/s1. The van der Waals surface area contributed by atoms with Gasteiger partial charge in [-0.3, -0.25) is 0 Å².